The van der Waals surface area contributed by atoms with Crippen molar-refractivity contribution in [3.8, 4) is 0 Å². The lowest BCUT2D eigenvalue weighted by atomic mass is 10.2. The van der Waals surface area contributed by atoms with Gasteiger partial charge >= 0.3 is 5.97 Å². The van der Waals surface area contributed by atoms with Gasteiger partial charge in [0.2, 0.25) is 0 Å². The van der Waals surface area contributed by atoms with E-state index in [2.05, 4.69) is 4.72 Å². The van der Waals surface area contributed by atoms with E-state index in [1.807, 2.05) is 0 Å². The molecule has 1 fully saturated rings. The van der Waals surface area contributed by atoms with Gasteiger partial charge in [0.25, 0.3) is 10.2 Å². The molecule has 1 aliphatic rings. The maximum atomic E-state index is 11.5. The van der Waals surface area contributed by atoms with Crippen LogP contribution in [0.15, 0.2) is 0 Å². The van der Waals surface area contributed by atoms with Crippen LogP contribution in [-0.4, -0.2) is 54.1 Å². The molecule has 0 radical (unpaired) electrons. The predicted molar refractivity (Wildman–Crippen MR) is 51.4 cm³/mol. The first-order valence-corrected chi connectivity index (χ1v) is 5.99. The summed E-state index contributed by atoms with van der Waals surface area (Å²) in [4.78, 5) is 10.8. The first kappa shape index (κ1) is 12.4. The van der Waals surface area contributed by atoms with E-state index < -0.39 is 28.3 Å². The number of carbonyl (C=O) groups is 1. The van der Waals surface area contributed by atoms with Crippen LogP contribution in [0.25, 0.3) is 0 Å². The van der Waals surface area contributed by atoms with Gasteiger partial charge in [-0.1, -0.05) is 6.92 Å². The van der Waals surface area contributed by atoms with Crippen LogP contribution in [0.5, 0.6) is 0 Å². The number of hydrogen-bond donors (Lipinski definition) is 3. The minimum Gasteiger partial charge on any atom is -0.480 e. The fourth-order valence-electron chi connectivity index (χ4n) is 1.54. The third-order valence-electron chi connectivity index (χ3n) is 2.15. The summed E-state index contributed by atoms with van der Waals surface area (Å²) in [7, 11) is -3.79. The van der Waals surface area contributed by atoms with Crippen LogP contribution in [0.2, 0.25) is 0 Å². The van der Waals surface area contributed by atoms with Crippen molar-refractivity contribution in [2.24, 2.45) is 0 Å². The van der Waals surface area contributed by atoms with Crippen LogP contribution in [-0.2, 0) is 15.0 Å². The zero-order valence-electron chi connectivity index (χ0n) is 8.25. The summed E-state index contributed by atoms with van der Waals surface area (Å²) in [6.07, 6.45) is -0.987. The van der Waals surface area contributed by atoms with Crippen LogP contribution in [0.3, 0.4) is 0 Å². The first-order valence-electron chi connectivity index (χ1n) is 4.55. The Balaban J connectivity index is 2.88. The monoisotopic (exact) mass is 238 g/mol. The van der Waals surface area contributed by atoms with Crippen molar-refractivity contribution in [2.45, 2.75) is 25.5 Å². The highest BCUT2D eigenvalue weighted by Crippen LogP contribution is 2.20. The Kier molecular flexibility index (Phi) is 3.66. The second-order valence-electron chi connectivity index (χ2n) is 3.32. The molecule has 0 saturated carbocycles. The lowest BCUT2D eigenvalue weighted by Gasteiger charge is -2.20. The van der Waals surface area contributed by atoms with Crippen molar-refractivity contribution < 1.29 is 23.4 Å². The van der Waals surface area contributed by atoms with Crippen LogP contribution < -0.4 is 4.72 Å². The number of aliphatic hydroxyl groups is 1. The van der Waals surface area contributed by atoms with Crippen molar-refractivity contribution in [1.82, 2.24) is 9.03 Å². The number of aliphatic carboxylic acids is 1. The Morgan fingerprint density at radius 1 is 1.60 bits per heavy atom. The number of carboxylic acids is 1. The molecule has 1 rings (SSSR count). The van der Waals surface area contributed by atoms with Crippen molar-refractivity contribution in [3.05, 3.63) is 0 Å². The Labute approximate surface area is 87.9 Å². The van der Waals surface area contributed by atoms with Crippen LogP contribution in [0.4, 0.5) is 0 Å². The zero-order valence-corrected chi connectivity index (χ0v) is 9.07. The van der Waals surface area contributed by atoms with Crippen molar-refractivity contribution in [3.63, 3.8) is 0 Å². The van der Waals surface area contributed by atoms with Crippen molar-refractivity contribution in [2.75, 3.05) is 13.1 Å². The second kappa shape index (κ2) is 4.44. The summed E-state index contributed by atoms with van der Waals surface area (Å²) in [5, 5.41) is 18.0. The molecule has 0 bridgehead atoms. The van der Waals surface area contributed by atoms with Gasteiger partial charge in [0.15, 0.2) is 0 Å². The molecule has 8 heteroatoms. The second-order valence-corrected chi connectivity index (χ2v) is 5.02. The van der Waals surface area contributed by atoms with E-state index in [0.29, 0.717) is 0 Å². The lowest BCUT2D eigenvalue weighted by molar-refractivity contribution is -0.140. The van der Waals surface area contributed by atoms with Gasteiger partial charge in [-0.25, -0.2) is 4.72 Å². The van der Waals surface area contributed by atoms with Crippen LogP contribution >= 0.6 is 0 Å². The quantitative estimate of drug-likeness (QED) is 0.544. The smallest absolute Gasteiger partial charge is 0.322 e. The fourth-order valence-corrected chi connectivity index (χ4v) is 2.95. The largest absolute Gasteiger partial charge is 0.480 e. The minimum absolute atomic E-state index is 0.0695. The highest BCUT2D eigenvalue weighted by atomic mass is 32.2. The summed E-state index contributed by atoms with van der Waals surface area (Å²) in [5.74, 6) is -1.24. The van der Waals surface area contributed by atoms with E-state index in [1.54, 1.807) is 6.92 Å². The Bertz CT molecular complexity index is 341. The molecule has 0 aromatic rings. The van der Waals surface area contributed by atoms with Gasteiger partial charge in [0.1, 0.15) is 6.04 Å². The molecular formula is C7H14N2O5S. The molecule has 0 aliphatic carbocycles. The van der Waals surface area contributed by atoms with E-state index in [9.17, 15) is 18.3 Å². The molecule has 7 nitrogen and oxygen atoms in total. The summed E-state index contributed by atoms with van der Waals surface area (Å²) < 4.78 is 26.0. The van der Waals surface area contributed by atoms with Crippen molar-refractivity contribution >= 4 is 16.2 Å². The van der Waals surface area contributed by atoms with E-state index in [4.69, 9.17) is 5.11 Å². The van der Waals surface area contributed by atoms with E-state index >= 15 is 0 Å². The van der Waals surface area contributed by atoms with E-state index in [0.717, 1.165) is 4.31 Å². The molecule has 15 heavy (non-hydrogen) atoms. The molecule has 3 N–H and O–H groups in total. The average molecular weight is 238 g/mol. The molecule has 1 saturated heterocycles. The molecule has 2 atom stereocenters. The summed E-state index contributed by atoms with van der Waals surface area (Å²) in [6.45, 7) is 1.60. The Morgan fingerprint density at radius 2 is 2.20 bits per heavy atom. The lowest BCUT2D eigenvalue weighted by Crippen LogP contribution is -2.46. The summed E-state index contributed by atoms with van der Waals surface area (Å²) >= 11 is 0. The third kappa shape index (κ3) is 2.65. The molecule has 0 aromatic carbocycles. The normalized spacial score (nSPS) is 28.1. The summed E-state index contributed by atoms with van der Waals surface area (Å²) in [6, 6.07) is -1.18. The number of aliphatic hydroxyl groups excluding tert-OH is 1. The number of β-amino-alcohol motifs (C(OH)–C–C–N with tert-alkyl or cyclic N) is 1. The van der Waals surface area contributed by atoms with Gasteiger partial charge < -0.3 is 10.2 Å². The highest BCUT2D eigenvalue weighted by Gasteiger charge is 2.42. The van der Waals surface area contributed by atoms with E-state index in [1.165, 1.54) is 0 Å². The molecule has 0 amide bonds. The van der Waals surface area contributed by atoms with Gasteiger partial charge in [0.05, 0.1) is 6.10 Å². The van der Waals surface area contributed by atoms with Crippen molar-refractivity contribution in [1.29, 1.82) is 0 Å². The Morgan fingerprint density at radius 3 is 2.67 bits per heavy atom. The number of rotatable bonds is 4. The molecule has 88 valence electrons. The molecular weight excluding hydrogens is 224 g/mol. The molecule has 1 heterocycles. The maximum Gasteiger partial charge on any atom is 0.322 e. The molecule has 0 aromatic heterocycles. The van der Waals surface area contributed by atoms with Gasteiger partial charge in [-0.15, -0.1) is 0 Å². The van der Waals surface area contributed by atoms with Gasteiger partial charge in [-0.05, 0) is 0 Å². The van der Waals surface area contributed by atoms with Gasteiger partial charge in [0, 0.05) is 19.5 Å². The number of nitrogens with zero attached hydrogens (tertiary/aromatic N) is 1. The minimum atomic E-state index is -3.79. The van der Waals surface area contributed by atoms with E-state index in [-0.39, 0.29) is 19.5 Å². The Hall–Kier alpha value is -0.700. The average Bonchev–Trinajstić information content (AvgIpc) is 2.47. The standard InChI is InChI=1S/C7H14N2O5S/c1-2-8-15(13,14)9-4-5(10)3-6(9)7(11)12/h5-6,8,10H,2-4H2,1H3,(H,11,12)/t5-,6-/m1/s1. The number of nitrogens with one attached hydrogen (secondary N) is 1. The van der Waals surface area contributed by atoms with Gasteiger partial charge in [-0.3, -0.25) is 4.79 Å². The zero-order chi connectivity index (χ0) is 11.6. The third-order valence-corrected chi connectivity index (χ3v) is 3.83. The highest BCUT2D eigenvalue weighted by molar-refractivity contribution is 7.87. The van der Waals surface area contributed by atoms with Crippen LogP contribution in [0.1, 0.15) is 13.3 Å². The predicted octanol–water partition coefficient (Wildman–Crippen LogP) is -1.64. The molecule has 1 aliphatic heterocycles. The maximum absolute atomic E-state index is 11.5. The van der Waals surface area contributed by atoms with Crippen LogP contribution in [0, 0.1) is 0 Å². The molecule has 0 spiro atoms. The summed E-state index contributed by atoms with van der Waals surface area (Å²) in [5.41, 5.74) is 0. The SMILES string of the molecule is CCNS(=O)(=O)N1C[C@H](O)C[C@@H]1C(=O)O. The fraction of sp³-hybridized carbons (Fsp3) is 0.857. The topological polar surface area (TPSA) is 107 Å². The molecule has 0 unspecified atom stereocenters. The number of hydrogen-bond acceptors (Lipinski definition) is 4. The van der Waals surface area contributed by atoms with Gasteiger partial charge in [-0.2, -0.15) is 12.7 Å². The first-order chi connectivity index (χ1) is 6.88. The number of carboxylic acid groups (broad SMARTS) is 1.